The Balaban J connectivity index is 1.96. The van der Waals surface area contributed by atoms with Crippen molar-refractivity contribution in [3.05, 3.63) is 86.0 Å². The Kier molecular flexibility index (Phi) is 4.97. The third-order valence-electron chi connectivity index (χ3n) is 4.92. The summed E-state index contributed by atoms with van der Waals surface area (Å²) in [5.74, 6) is 0.721. The normalized spacial score (nSPS) is 16.5. The monoisotopic (exact) mass is 447 g/mol. The van der Waals surface area contributed by atoms with Gasteiger partial charge in [0.2, 0.25) is 9.84 Å². The topological polar surface area (TPSA) is 64.0 Å². The van der Waals surface area contributed by atoms with Gasteiger partial charge in [0.15, 0.2) is 0 Å². The molecule has 2 heterocycles. The van der Waals surface area contributed by atoms with E-state index in [1.807, 2.05) is 19.9 Å². The zero-order valence-corrected chi connectivity index (χ0v) is 18.4. The highest BCUT2D eigenvalue weighted by atomic mass is 35.5. The molecule has 3 aromatic rings. The number of aryl methyl sites for hydroxylation is 2. The summed E-state index contributed by atoms with van der Waals surface area (Å²) >= 11 is 12.3. The van der Waals surface area contributed by atoms with Crippen LogP contribution in [0.1, 0.15) is 29.8 Å². The molecule has 0 amide bonds. The molecule has 4 rings (SSSR count). The van der Waals surface area contributed by atoms with Crippen LogP contribution in [0.5, 0.6) is 0 Å². The molecular formula is C21H19Cl2N3O2S. The summed E-state index contributed by atoms with van der Waals surface area (Å²) in [5.41, 5.74) is 3.01. The molecule has 0 saturated heterocycles. The van der Waals surface area contributed by atoms with Gasteiger partial charge in [0.25, 0.3) is 0 Å². The predicted molar refractivity (Wildman–Crippen MR) is 116 cm³/mol. The quantitative estimate of drug-likeness (QED) is 0.573. The molecule has 0 spiro atoms. The van der Waals surface area contributed by atoms with E-state index in [4.69, 9.17) is 23.2 Å². The molecule has 0 saturated carbocycles. The van der Waals surface area contributed by atoms with Crippen LogP contribution in [0.4, 0.5) is 5.82 Å². The van der Waals surface area contributed by atoms with Crippen molar-refractivity contribution in [2.45, 2.75) is 31.7 Å². The van der Waals surface area contributed by atoms with Gasteiger partial charge in [-0.05, 0) is 50.6 Å². The summed E-state index contributed by atoms with van der Waals surface area (Å²) in [6, 6.07) is 13.2. The zero-order valence-electron chi connectivity index (χ0n) is 16.1. The lowest BCUT2D eigenvalue weighted by Gasteiger charge is -2.30. The minimum atomic E-state index is -3.80. The SMILES string of the molecule is CC1=C(S(=O)(=O)c2ccc(C)cc2)C(c2ccc(Cl)c(Cl)c2)n2nc(C)cc2N1. The first kappa shape index (κ1) is 20.0. The van der Waals surface area contributed by atoms with E-state index >= 15 is 0 Å². The number of rotatable bonds is 3. The minimum Gasteiger partial charge on any atom is -0.343 e. The summed E-state index contributed by atoms with van der Waals surface area (Å²) in [5, 5.41) is 8.50. The lowest BCUT2D eigenvalue weighted by atomic mass is 10.0. The highest BCUT2D eigenvalue weighted by molar-refractivity contribution is 7.95. The number of nitrogens with one attached hydrogen (secondary N) is 1. The second-order valence-corrected chi connectivity index (χ2v) is 9.85. The highest BCUT2D eigenvalue weighted by Crippen LogP contribution is 2.42. The fraction of sp³-hybridized carbons (Fsp3) is 0.190. The molecule has 1 aliphatic heterocycles. The van der Waals surface area contributed by atoms with Crippen molar-refractivity contribution in [3.8, 4) is 0 Å². The zero-order chi connectivity index (χ0) is 20.9. The molecule has 5 nitrogen and oxygen atoms in total. The van der Waals surface area contributed by atoms with Gasteiger partial charge >= 0.3 is 0 Å². The Morgan fingerprint density at radius 3 is 2.31 bits per heavy atom. The van der Waals surface area contributed by atoms with Crippen LogP contribution in [0.3, 0.4) is 0 Å². The van der Waals surface area contributed by atoms with Crippen molar-refractivity contribution in [2.24, 2.45) is 0 Å². The van der Waals surface area contributed by atoms with Crippen LogP contribution >= 0.6 is 23.2 Å². The van der Waals surface area contributed by atoms with E-state index in [-0.39, 0.29) is 9.80 Å². The Hall–Kier alpha value is -2.28. The van der Waals surface area contributed by atoms with E-state index < -0.39 is 15.9 Å². The van der Waals surface area contributed by atoms with Gasteiger partial charge in [-0.15, -0.1) is 0 Å². The molecular weight excluding hydrogens is 429 g/mol. The third-order valence-corrected chi connectivity index (χ3v) is 7.66. The van der Waals surface area contributed by atoms with Gasteiger partial charge < -0.3 is 5.32 Å². The average Bonchev–Trinajstić information content (AvgIpc) is 3.02. The van der Waals surface area contributed by atoms with Gasteiger partial charge in [0, 0.05) is 11.8 Å². The minimum absolute atomic E-state index is 0.232. The number of sulfone groups is 1. The summed E-state index contributed by atoms with van der Waals surface area (Å²) in [7, 11) is -3.80. The molecule has 2 aromatic carbocycles. The van der Waals surface area contributed by atoms with E-state index in [1.165, 1.54) is 0 Å². The van der Waals surface area contributed by atoms with Crippen LogP contribution in [-0.2, 0) is 9.84 Å². The van der Waals surface area contributed by atoms with E-state index in [0.717, 1.165) is 17.1 Å². The largest absolute Gasteiger partial charge is 0.343 e. The van der Waals surface area contributed by atoms with Gasteiger partial charge in [0.1, 0.15) is 11.9 Å². The van der Waals surface area contributed by atoms with Gasteiger partial charge in [-0.25, -0.2) is 13.1 Å². The second-order valence-electron chi connectivity index (χ2n) is 7.12. The first-order valence-corrected chi connectivity index (χ1v) is 11.2. The van der Waals surface area contributed by atoms with Gasteiger partial charge in [0.05, 0.1) is 25.5 Å². The van der Waals surface area contributed by atoms with Crippen molar-refractivity contribution in [1.29, 1.82) is 0 Å². The number of fused-ring (bicyclic) bond motifs is 1. The van der Waals surface area contributed by atoms with E-state index in [1.54, 1.807) is 54.1 Å². The Bertz CT molecular complexity index is 1250. The van der Waals surface area contributed by atoms with Crippen molar-refractivity contribution in [1.82, 2.24) is 9.78 Å². The molecule has 0 radical (unpaired) electrons. The Labute approximate surface area is 179 Å². The molecule has 150 valence electrons. The lowest BCUT2D eigenvalue weighted by molar-refractivity contribution is 0.563. The fourth-order valence-corrected chi connectivity index (χ4v) is 5.58. The van der Waals surface area contributed by atoms with Gasteiger partial charge in [-0.2, -0.15) is 5.10 Å². The average molecular weight is 448 g/mol. The van der Waals surface area contributed by atoms with Crippen molar-refractivity contribution < 1.29 is 8.42 Å². The Morgan fingerprint density at radius 1 is 0.966 bits per heavy atom. The van der Waals surface area contributed by atoms with Crippen LogP contribution < -0.4 is 5.32 Å². The smallest absolute Gasteiger partial charge is 0.206 e. The van der Waals surface area contributed by atoms with Crippen molar-refractivity contribution in [3.63, 3.8) is 0 Å². The van der Waals surface area contributed by atoms with Crippen LogP contribution in [-0.4, -0.2) is 18.2 Å². The summed E-state index contributed by atoms with van der Waals surface area (Å²) < 4.78 is 29.0. The molecule has 1 atom stereocenters. The molecule has 0 bridgehead atoms. The fourth-order valence-electron chi connectivity index (χ4n) is 3.54. The number of nitrogens with zero attached hydrogens (tertiary/aromatic N) is 2. The number of aromatic nitrogens is 2. The molecule has 1 N–H and O–H groups in total. The first-order chi connectivity index (χ1) is 13.7. The second kappa shape index (κ2) is 7.20. The van der Waals surface area contributed by atoms with Crippen LogP contribution in [0.15, 0.2) is 64.0 Å². The number of benzene rings is 2. The highest BCUT2D eigenvalue weighted by Gasteiger charge is 2.37. The standard InChI is InChI=1S/C21H19Cl2N3O2S/c1-12-4-7-16(8-5-12)29(27,28)21-14(3)24-19-10-13(2)25-26(19)20(21)15-6-9-17(22)18(23)11-15/h4-11,20,24H,1-3H3. The lowest BCUT2D eigenvalue weighted by Crippen LogP contribution is -2.28. The number of hydrogen-bond donors (Lipinski definition) is 1. The first-order valence-electron chi connectivity index (χ1n) is 8.99. The van der Waals surface area contributed by atoms with Crippen LogP contribution in [0.25, 0.3) is 0 Å². The van der Waals surface area contributed by atoms with Gasteiger partial charge in [-0.3, -0.25) is 0 Å². The molecule has 0 fully saturated rings. The number of anilines is 1. The summed E-state index contributed by atoms with van der Waals surface area (Å²) in [4.78, 5) is 0.465. The van der Waals surface area contributed by atoms with Crippen LogP contribution in [0.2, 0.25) is 10.0 Å². The Morgan fingerprint density at radius 2 is 1.66 bits per heavy atom. The maximum atomic E-state index is 13.7. The number of hydrogen-bond acceptors (Lipinski definition) is 4. The third kappa shape index (κ3) is 3.45. The molecule has 1 aromatic heterocycles. The predicted octanol–water partition coefficient (Wildman–Crippen LogP) is 5.53. The number of allylic oxidation sites excluding steroid dienone is 2. The maximum Gasteiger partial charge on any atom is 0.206 e. The van der Waals surface area contributed by atoms with Crippen LogP contribution in [0, 0.1) is 13.8 Å². The van der Waals surface area contributed by atoms with Crippen molar-refractivity contribution in [2.75, 3.05) is 5.32 Å². The molecule has 29 heavy (non-hydrogen) atoms. The molecule has 1 aliphatic rings. The maximum absolute atomic E-state index is 13.7. The number of halogens is 2. The van der Waals surface area contributed by atoms with Crippen molar-refractivity contribution >= 4 is 38.9 Å². The molecule has 8 heteroatoms. The summed E-state index contributed by atoms with van der Waals surface area (Å²) in [6.45, 7) is 5.54. The van der Waals surface area contributed by atoms with Gasteiger partial charge in [-0.1, -0.05) is 47.0 Å². The van der Waals surface area contributed by atoms with E-state index in [9.17, 15) is 8.42 Å². The summed E-state index contributed by atoms with van der Waals surface area (Å²) in [6.07, 6.45) is 0. The molecule has 1 unspecified atom stereocenters. The molecule has 0 aliphatic carbocycles. The van der Waals surface area contributed by atoms with E-state index in [0.29, 0.717) is 21.3 Å². The van der Waals surface area contributed by atoms with E-state index in [2.05, 4.69) is 10.4 Å².